The Labute approximate surface area is 216 Å². The molecule has 0 bridgehead atoms. The normalized spacial score (nSPS) is 12.9. The molecule has 1 aromatic heterocycles. The number of nitrogen functional groups attached to an aromatic ring is 1. The van der Waals surface area contributed by atoms with Crippen molar-refractivity contribution in [2.24, 2.45) is 5.92 Å². The number of carbonyl (C=O) groups is 2. The highest BCUT2D eigenvalue weighted by Crippen LogP contribution is 2.31. The first-order valence-electron chi connectivity index (χ1n) is 11.5. The lowest BCUT2D eigenvalue weighted by Gasteiger charge is -2.34. The van der Waals surface area contributed by atoms with Gasteiger partial charge >= 0.3 is 5.97 Å². The van der Waals surface area contributed by atoms with E-state index in [1.165, 1.54) is 0 Å². The predicted octanol–water partition coefficient (Wildman–Crippen LogP) is 4.95. The van der Waals surface area contributed by atoms with Crippen molar-refractivity contribution in [3.05, 3.63) is 78.1 Å². The fraction of sp³-hybridized carbons (Fsp3) is 0.185. The Hall–Kier alpha value is -4.15. The van der Waals surface area contributed by atoms with Gasteiger partial charge in [0.05, 0.1) is 0 Å². The van der Waals surface area contributed by atoms with Crippen LogP contribution in [0, 0.1) is 12.8 Å². The zero-order chi connectivity index (χ0) is 26.9. The SMILES string of the molecule is Cc1c(C(=O)Nc2ccc(-c3ccc(N(C(C(=O)O)C(C)C)S(=O)[O-])cc3)cc2)oc2cccc(N)c12. The van der Waals surface area contributed by atoms with Crippen LogP contribution in [0.25, 0.3) is 22.1 Å². The molecule has 1 amide bonds. The topological polar surface area (TPSA) is 149 Å². The number of nitrogens with two attached hydrogens (primary N) is 1. The van der Waals surface area contributed by atoms with Crippen LogP contribution < -0.4 is 15.4 Å². The molecule has 9 nitrogen and oxygen atoms in total. The fourth-order valence-corrected chi connectivity index (χ4v) is 5.09. The molecule has 0 spiro atoms. The number of rotatable bonds is 8. The highest BCUT2D eigenvalue weighted by atomic mass is 32.2. The fourth-order valence-electron chi connectivity index (χ4n) is 4.28. The second-order valence-electron chi connectivity index (χ2n) is 8.92. The Balaban J connectivity index is 1.52. The summed E-state index contributed by atoms with van der Waals surface area (Å²) in [5, 5.41) is 13.1. The second-order valence-corrected chi connectivity index (χ2v) is 9.75. The standard InChI is InChI=1S/C27H27N3O6S/c1-15(2)24(27(32)33)30(37(34)35)20-13-9-18(10-14-20)17-7-11-19(12-8-17)29-26(31)25-16(3)23-21(28)5-4-6-22(23)36-25/h4-15,24H,28H2,1-3H3,(H,29,31)(H,32,33)(H,34,35)/p-1. The number of fused-ring (bicyclic) bond motifs is 1. The van der Waals surface area contributed by atoms with Crippen LogP contribution in [0.5, 0.6) is 0 Å². The Kier molecular flexibility index (Phi) is 7.33. The van der Waals surface area contributed by atoms with Gasteiger partial charge in [0.2, 0.25) is 0 Å². The van der Waals surface area contributed by atoms with E-state index in [4.69, 9.17) is 10.2 Å². The zero-order valence-corrected chi connectivity index (χ0v) is 21.2. The summed E-state index contributed by atoms with van der Waals surface area (Å²) >= 11 is -2.76. The number of aryl methyl sites for hydroxylation is 1. The summed E-state index contributed by atoms with van der Waals surface area (Å²) in [6, 6.07) is 17.7. The minimum Gasteiger partial charge on any atom is -0.755 e. The van der Waals surface area contributed by atoms with Crippen molar-refractivity contribution in [3.63, 3.8) is 0 Å². The third-order valence-electron chi connectivity index (χ3n) is 6.09. The lowest BCUT2D eigenvalue weighted by molar-refractivity contribution is -0.139. The number of nitrogens with zero attached hydrogens (tertiary/aromatic N) is 1. The van der Waals surface area contributed by atoms with E-state index >= 15 is 0 Å². The minimum atomic E-state index is -2.76. The molecule has 4 N–H and O–H groups in total. The summed E-state index contributed by atoms with van der Waals surface area (Å²) in [6.45, 7) is 5.09. The van der Waals surface area contributed by atoms with Gasteiger partial charge in [-0.2, -0.15) is 0 Å². The Morgan fingerprint density at radius 2 is 1.62 bits per heavy atom. The number of nitrogens with one attached hydrogen (secondary N) is 1. The zero-order valence-electron chi connectivity index (χ0n) is 20.4. The molecule has 37 heavy (non-hydrogen) atoms. The molecule has 2 atom stereocenters. The van der Waals surface area contributed by atoms with Gasteiger partial charge in [0.25, 0.3) is 5.91 Å². The van der Waals surface area contributed by atoms with Crippen LogP contribution in [-0.2, 0) is 16.1 Å². The molecule has 0 aliphatic carbocycles. The molecule has 0 saturated heterocycles. The average Bonchev–Trinajstić information content (AvgIpc) is 3.20. The molecule has 192 valence electrons. The summed E-state index contributed by atoms with van der Waals surface area (Å²) in [4.78, 5) is 24.5. The molecule has 0 aliphatic rings. The van der Waals surface area contributed by atoms with Crippen molar-refractivity contribution in [1.82, 2.24) is 0 Å². The maximum absolute atomic E-state index is 12.8. The van der Waals surface area contributed by atoms with E-state index in [2.05, 4.69) is 5.32 Å². The molecule has 0 fully saturated rings. The summed E-state index contributed by atoms with van der Waals surface area (Å²) in [5.74, 6) is -1.86. The van der Waals surface area contributed by atoms with Gasteiger partial charge in [-0.05, 0) is 60.4 Å². The van der Waals surface area contributed by atoms with Gasteiger partial charge in [0, 0.05) is 39.3 Å². The Morgan fingerprint density at radius 1 is 1.03 bits per heavy atom. The molecule has 0 saturated carbocycles. The van der Waals surface area contributed by atoms with E-state index in [0.717, 1.165) is 15.4 Å². The molecule has 4 aromatic rings. The molecule has 2 unspecified atom stereocenters. The molecule has 10 heteroatoms. The van der Waals surface area contributed by atoms with Crippen molar-refractivity contribution in [3.8, 4) is 11.1 Å². The summed E-state index contributed by atoms with van der Waals surface area (Å²) < 4.78 is 30.3. The number of anilines is 3. The van der Waals surface area contributed by atoms with Crippen molar-refractivity contribution in [2.75, 3.05) is 15.4 Å². The van der Waals surface area contributed by atoms with E-state index in [1.54, 1.807) is 75.4 Å². The monoisotopic (exact) mass is 520 g/mol. The van der Waals surface area contributed by atoms with Crippen molar-refractivity contribution >= 4 is 51.2 Å². The van der Waals surface area contributed by atoms with Gasteiger partial charge in [0.15, 0.2) is 5.76 Å². The molecule has 0 aliphatic heterocycles. The second kappa shape index (κ2) is 10.5. The van der Waals surface area contributed by atoms with Gasteiger partial charge in [-0.1, -0.05) is 44.2 Å². The van der Waals surface area contributed by atoms with Crippen LogP contribution in [0.4, 0.5) is 17.1 Å². The number of benzene rings is 3. The van der Waals surface area contributed by atoms with Crippen LogP contribution in [0.3, 0.4) is 0 Å². The smallest absolute Gasteiger partial charge is 0.327 e. The van der Waals surface area contributed by atoms with Gasteiger partial charge in [-0.15, -0.1) is 0 Å². The number of carboxylic acid groups (broad SMARTS) is 1. The number of carboxylic acids is 1. The molecular weight excluding hydrogens is 494 g/mol. The summed E-state index contributed by atoms with van der Waals surface area (Å²) in [5.41, 5.74) is 10.2. The van der Waals surface area contributed by atoms with E-state index in [-0.39, 0.29) is 11.4 Å². The van der Waals surface area contributed by atoms with E-state index in [0.29, 0.717) is 27.9 Å². The van der Waals surface area contributed by atoms with Crippen LogP contribution in [0.15, 0.2) is 71.1 Å². The number of furan rings is 1. The average molecular weight is 521 g/mol. The summed E-state index contributed by atoms with van der Waals surface area (Å²) in [7, 11) is 0. The maximum atomic E-state index is 12.8. The number of carbonyl (C=O) groups excluding carboxylic acids is 1. The first kappa shape index (κ1) is 25.9. The molecule has 1 heterocycles. The lowest BCUT2D eigenvalue weighted by atomic mass is 10.0. The largest absolute Gasteiger partial charge is 0.755 e. The molecule has 3 aromatic carbocycles. The molecular formula is C27H26N3O6S-. The highest BCUT2D eigenvalue weighted by Gasteiger charge is 2.30. The van der Waals surface area contributed by atoms with E-state index in [9.17, 15) is 23.5 Å². The summed E-state index contributed by atoms with van der Waals surface area (Å²) in [6.07, 6.45) is 0. The van der Waals surface area contributed by atoms with Crippen LogP contribution in [-0.4, -0.2) is 31.8 Å². The third kappa shape index (κ3) is 5.20. The quantitative estimate of drug-likeness (QED) is 0.220. The number of hydrogen-bond donors (Lipinski definition) is 3. The first-order chi connectivity index (χ1) is 17.6. The molecule has 0 radical (unpaired) electrons. The lowest BCUT2D eigenvalue weighted by Crippen LogP contribution is -2.45. The minimum absolute atomic E-state index is 0.189. The van der Waals surface area contributed by atoms with Crippen LogP contribution in [0.1, 0.15) is 30.0 Å². The highest BCUT2D eigenvalue weighted by molar-refractivity contribution is 7.80. The number of aliphatic carboxylic acids is 1. The van der Waals surface area contributed by atoms with Crippen molar-refractivity contribution < 1.29 is 27.9 Å². The Morgan fingerprint density at radius 3 is 2.14 bits per heavy atom. The van der Waals surface area contributed by atoms with Crippen LogP contribution >= 0.6 is 0 Å². The van der Waals surface area contributed by atoms with E-state index < -0.39 is 35.1 Å². The van der Waals surface area contributed by atoms with Gasteiger partial charge in [0.1, 0.15) is 11.6 Å². The van der Waals surface area contributed by atoms with Crippen LogP contribution in [0.2, 0.25) is 0 Å². The van der Waals surface area contributed by atoms with Gasteiger partial charge in [-0.25, -0.2) is 4.79 Å². The van der Waals surface area contributed by atoms with Gasteiger partial charge in [-0.3, -0.25) is 13.3 Å². The maximum Gasteiger partial charge on any atom is 0.327 e. The third-order valence-corrected chi connectivity index (χ3v) is 6.85. The number of hydrogen-bond acceptors (Lipinski definition) is 6. The Bertz CT molecular complexity index is 1480. The van der Waals surface area contributed by atoms with Crippen molar-refractivity contribution in [2.45, 2.75) is 26.8 Å². The predicted molar refractivity (Wildman–Crippen MR) is 143 cm³/mol. The van der Waals surface area contributed by atoms with Crippen molar-refractivity contribution in [1.29, 1.82) is 0 Å². The molecule has 4 rings (SSSR count). The van der Waals surface area contributed by atoms with E-state index in [1.807, 2.05) is 12.1 Å². The van der Waals surface area contributed by atoms with Gasteiger partial charge < -0.3 is 25.1 Å². The number of amides is 1. The first-order valence-corrected chi connectivity index (χ1v) is 12.5.